The van der Waals surface area contributed by atoms with Crippen molar-refractivity contribution < 1.29 is 18.8 Å². The Kier molecular flexibility index (Phi) is 7.45. The van der Waals surface area contributed by atoms with Gasteiger partial charge in [0.15, 0.2) is 0 Å². The molecule has 0 aliphatic carbocycles. The monoisotopic (exact) mass is 491 g/mol. The molecular formula is C23H23N8O3S+. The number of ether oxygens (including phenoxy) is 1. The third-order valence-electron chi connectivity index (χ3n) is 5.40. The molecule has 1 amide bonds. The van der Waals surface area contributed by atoms with Gasteiger partial charge < -0.3 is 10.5 Å². The number of amides is 1. The van der Waals surface area contributed by atoms with Gasteiger partial charge in [0.05, 0.1) is 42.4 Å². The van der Waals surface area contributed by atoms with Crippen LogP contribution in [0, 0.1) is 22.7 Å². The van der Waals surface area contributed by atoms with Gasteiger partial charge in [0.25, 0.3) is 6.20 Å². The smallest absolute Gasteiger partial charge is 0.305 e. The van der Waals surface area contributed by atoms with Crippen LogP contribution < -0.4 is 20.9 Å². The van der Waals surface area contributed by atoms with Gasteiger partial charge in [0.2, 0.25) is 11.2 Å². The topological polar surface area (TPSA) is 158 Å². The zero-order valence-electron chi connectivity index (χ0n) is 19.0. The molecule has 1 fully saturated rings. The lowest BCUT2D eigenvalue weighted by molar-refractivity contribution is -0.759. The molecule has 4 rings (SSSR count). The van der Waals surface area contributed by atoms with Crippen LogP contribution in [0.25, 0.3) is 11.1 Å². The van der Waals surface area contributed by atoms with Crippen molar-refractivity contribution in [1.82, 2.24) is 10.3 Å². The summed E-state index contributed by atoms with van der Waals surface area (Å²) in [6.07, 6.45) is 2.44. The number of nitrogens with two attached hydrogens (primary N) is 1. The number of pyridine rings is 1. The van der Waals surface area contributed by atoms with Crippen molar-refractivity contribution in [2.45, 2.75) is 18.4 Å². The fourth-order valence-corrected chi connectivity index (χ4v) is 4.39. The molecule has 1 aliphatic heterocycles. The number of anilines is 2. The number of nitrogen functional groups attached to an aromatic ring is 1. The number of nitrogens with one attached hydrogen (secondary N) is 1. The standard InChI is InChI=1S/C23H22N8O3S/c1-2-15-3-5-16(6-4-15)21-17(11-24)22(26)28-23(18(21)12-25)35-14-19(32)27-20-13-31(29-34-20)30-7-9-33-10-8-30/h3-6,13H,2,7-10,14H2,1H3,(H2-,26,27,28,29,32)/p+1. The lowest BCUT2D eigenvalue weighted by atomic mass is 9.96. The van der Waals surface area contributed by atoms with Crippen molar-refractivity contribution in [3.63, 3.8) is 0 Å². The largest absolute Gasteiger partial charge is 0.383 e. The minimum atomic E-state index is -0.372. The number of aryl methyl sites for hydroxylation is 1. The Bertz CT molecular complexity index is 1300. The number of carbonyl (C=O) groups is 1. The molecule has 11 nitrogen and oxygen atoms in total. The highest BCUT2D eigenvalue weighted by Crippen LogP contribution is 2.35. The highest BCUT2D eigenvalue weighted by atomic mass is 32.2. The summed E-state index contributed by atoms with van der Waals surface area (Å²) in [5.41, 5.74) is 8.61. The Balaban J connectivity index is 1.51. The second kappa shape index (κ2) is 10.9. The molecule has 12 heteroatoms. The molecule has 0 spiro atoms. The van der Waals surface area contributed by atoms with E-state index in [-0.39, 0.29) is 39.5 Å². The molecule has 178 valence electrons. The number of nitrogens with zero attached hydrogens (tertiary/aromatic N) is 6. The predicted octanol–water partition coefficient (Wildman–Crippen LogP) is 1.61. The van der Waals surface area contributed by atoms with E-state index < -0.39 is 0 Å². The third kappa shape index (κ3) is 5.35. The number of hydrogen-bond acceptors (Lipinski definition) is 10. The molecule has 1 saturated heterocycles. The van der Waals surface area contributed by atoms with Gasteiger partial charge in [-0.3, -0.25) is 14.6 Å². The van der Waals surface area contributed by atoms with Crippen LogP contribution in [0.5, 0.6) is 0 Å². The normalized spacial score (nSPS) is 13.2. The van der Waals surface area contributed by atoms with Crippen LogP contribution in [0.1, 0.15) is 23.6 Å². The number of aromatic nitrogens is 3. The van der Waals surface area contributed by atoms with Crippen LogP contribution in [-0.2, 0) is 16.0 Å². The summed E-state index contributed by atoms with van der Waals surface area (Å²) in [6, 6.07) is 11.8. The molecule has 3 N–H and O–H groups in total. The van der Waals surface area contributed by atoms with E-state index >= 15 is 0 Å². The van der Waals surface area contributed by atoms with Crippen molar-refractivity contribution in [2.75, 3.05) is 48.1 Å². The number of hydrogen-bond donors (Lipinski definition) is 2. The number of morpholine rings is 1. The van der Waals surface area contributed by atoms with Gasteiger partial charge in [-0.05, 0) is 17.5 Å². The molecule has 0 bridgehead atoms. The summed E-state index contributed by atoms with van der Waals surface area (Å²) >= 11 is 1.05. The van der Waals surface area contributed by atoms with Crippen molar-refractivity contribution >= 4 is 29.4 Å². The first kappa shape index (κ1) is 24.0. The van der Waals surface area contributed by atoms with Crippen molar-refractivity contribution in [2.24, 2.45) is 0 Å². The molecule has 0 unspecified atom stereocenters. The predicted molar refractivity (Wildman–Crippen MR) is 128 cm³/mol. The molecule has 3 heterocycles. The third-order valence-corrected chi connectivity index (χ3v) is 6.38. The fraction of sp³-hybridized carbons (Fsp3) is 0.304. The Morgan fingerprint density at radius 2 is 1.94 bits per heavy atom. The summed E-state index contributed by atoms with van der Waals surface area (Å²) in [4.78, 5) is 18.3. The summed E-state index contributed by atoms with van der Waals surface area (Å²) in [7, 11) is 0. The Labute approximate surface area is 206 Å². The summed E-state index contributed by atoms with van der Waals surface area (Å²) in [6.45, 7) is 4.54. The van der Waals surface area contributed by atoms with Crippen LogP contribution in [0.15, 0.2) is 40.0 Å². The lowest BCUT2D eigenvalue weighted by Crippen LogP contribution is -2.62. The van der Waals surface area contributed by atoms with Gasteiger partial charge in [-0.15, -0.1) is 5.01 Å². The maximum Gasteiger partial charge on any atom is 0.305 e. The maximum atomic E-state index is 12.5. The average molecular weight is 492 g/mol. The molecular weight excluding hydrogens is 468 g/mol. The minimum Gasteiger partial charge on any atom is -0.383 e. The molecule has 3 aromatic rings. The molecule has 0 atom stereocenters. The molecule has 35 heavy (non-hydrogen) atoms. The Morgan fingerprint density at radius 3 is 2.60 bits per heavy atom. The first-order valence-corrected chi connectivity index (χ1v) is 11.9. The second-order valence-electron chi connectivity index (χ2n) is 7.59. The number of rotatable bonds is 7. The molecule has 0 saturated carbocycles. The quantitative estimate of drug-likeness (QED) is 0.367. The number of thioether (sulfide) groups is 1. The van der Waals surface area contributed by atoms with Gasteiger partial charge in [0, 0.05) is 5.56 Å². The average Bonchev–Trinajstić information content (AvgIpc) is 3.36. The van der Waals surface area contributed by atoms with Crippen LogP contribution in [0.4, 0.5) is 11.7 Å². The van der Waals surface area contributed by atoms with E-state index in [0.717, 1.165) is 23.7 Å². The van der Waals surface area contributed by atoms with Crippen molar-refractivity contribution in [3.8, 4) is 23.3 Å². The Hall–Kier alpha value is -4.13. The van der Waals surface area contributed by atoms with Gasteiger partial charge in [-0.2, -0.15) is 10.5 Å². The van der Waals surface area contributed by atoms with Crippen LogP contribution in [0.3, 0.4) is 0 Å². The van der Waals surface area contributed by atoms with E-state index in [4.69, 9.17) is 15.0 Å². The van der Waals surface area contributed by atoms with E-state index in [1.54, 1.807) is 6.20 Å². The van der Waals surface area contributed by atoms with Gasteiger partial charge in [-0.25, -0.2) is 4.98 Å². The highest BCUT2D eigenvalue weighted by Gasteiger charge is 2.25. The summed E-state index contributed by atoms with van der Waals surface area (Å²) in [5, 5.41) is 28.3. The minimum absolute atomic E-state index is 0.00534. The second-order valence-corrected chi connectivity index (χ2v) is 8.55. The fourth-order valence-electron chi connectivity index (χ4n) is 3.59. The van der Waals surface area contributed by atoms with Crippen molar-refractivity contribution in [1.29, 1.82) is 10.5 Å². The molecule has 1 aromatic carbocycles. The Morgan fingerprint density at radius 1 is 1.23 bits per heavy atom. The van der Waals surface area contributed by atoms with Gasteiger partial charge in [0.1, 0.15) is 28.5 Å². The van der Waals surface area contributed by atoms with Crippen LogP contribution >= 0.6 is 11.8 Å². The molecule has 2 aromatic heterocycles. The maximum absolute atomic E-state index is 12.5. The number of nitriles is 2. The first-order valence-electron chi connectivity index (χ1n) is 10.9. The van der Waals surface area contributed by atoms with E-state index in [0.29, 0.717) is 37.4 Å². The van der Waals surface area contributed by atoms with E-state index in [1.807, 2.05) is 36.2 Å². The van der Waals surface area contributed by atoms with Crippen molar-refractivity contribution in [3.05, 3.63) is 47.2 Å². The zero-order chi connectivity index (χ0) is 24.8. The van der Waals surface area contributed by atoms with Crippen LogP contribution in [0.2, 0.25) is 0 Å². The first-order chi connectivity index (χ1) is 17.0. The number of carbonyl (C=O) groups excluding carboxylic acids is 1. The van der Waals surface area contributed by atoms with E-state index in [1.165, 1.54) is 4.79 Å². The van der Waals surface area contributed by atoms with E-state index in [2.05, 4.69) is 27.7 Å². The van der Waals surface area contributed by atoms with Crippen LogP contribution in [-0.4, -0.2) is 48.2 Å². The highest BCUT2D eigenvalue weighted by molar-refractivity contribution is 8.00. The van der Waals surface area contributed by atoms with E-state index in [9.17, 15) is 15.3 Å². The lowest BCUT2D eigenvalue weighted by Gasteiger charge is -2.18. The van der Waals surface area contributed by atoms with Gasteiger partial charge in [-0.1, -0.05) is 43.0 Å². The zero-order valence-corrected chi connectivity index (χ0v) is 19.8. The summed E-state index contributed by atoms with van der Waals surface area (Å²) < 4.78 is 10.5. The summed E-state index contributed by atoms with van der Waals surface area (Å²) in [5.74, 6) is -0.237. The van der Waals surface area contributed by atoms with Gasteiger partial charge >= 0.3 is 5.88 Å². The molecule has 0 radical (unpaired) electrons. The SMILES string of the molecule is CCc1ccc(-c2c(C#N)c(N)nc(SCC(=O)Nc3c[n+](N4CCOCC4)no3)c2C#N)cc1. The molecule has 1 aliphatic rings. The number of benzene rings is 1.